The number of amides is 3. The fourth-order valence-corrected chi connectivity index (χ4v) is 10.6. The van der Waals surface area contributed by atoms with Crippen LogP contribution in [0.25, 0.3) is 26.6 Å². The number of aliphatic hydroxyl groups is 2. The lowest BCUT2D eigenvalue weighted by Gasteiger charge is -2.35. The number of β-amino-alcohol motifs (C(OH)–C–C–N with tert-alkyl or cyclic N) is 1. The zero-order valence-corrected chi connectivity index (χ0v) is 39.3. The van der Waals surface area contributed by atoms with Crippen LogP contribution in [0.2, 0.25) is 0 Å². The fourth-order valence-electron chi connectivity index (χ4n) is 8.61. The van der Waals surface area contributed by atoms with Crippen molar-refractivity contribution in [3.63, 3.8) is 0 Å². The Morgan fingerprint density at radius 3 is 2.11 bits per heavy atom. The van der Waals surface area contributed by atoms with Crippen LogP contribution in [-0.2, 0) is 14.4 Å². The molecule has 66 heavy (non-hydrogen) atoms. The summed E-state index contributed by atoms with van der Waals surface area (Å²) in [6.07, 6.45) is -1.20. The molecule has 5 N–H and O–H groups in total. The summed E-state index contributed by atoms with van der Waals surface area (Å²) in [5.74, 6) is -1.35. The number of fused-ring (bicyclic) bond motifs is 3. The van der Waals surface area contributed by atoms with Crippen molar-refractivity contribution in [1.29, 1.82) is 0 Å². The lowest BCUT2D eigenvalue weighted by molar-refractivity contribution is -0.142. The number of nitrogens with zero attached hydrogens (tertiary/aromatic N) is 6. The number of carboxylic acids is 1. The maximum atomic E-state index is 14.4. The first-order valence-electron chi connectivity index (χ1n) is 21.7. The third-order valence-corrected chi connectivity index (χ3v) is 14.5. The number of benzene rings is 3. The van der Waals surface area contributed by atoms with Crippen LogP contribution in [0.1, 0.15) is 101 Å². The number of thiophene rings is 1. The normalized spacial score (nSPS) is 17.9. The van der Waals surface area contributed by atoms with Gasteiger partial charge in [-0.05, 0) is 73.1 Å². The zero-order chi connectivity index (χ0) is 47.2. The van der Waals surface area contributed by atoms with E-state index in [4.69, 9.17) is 4.99 Å². The van der Waals surface area contributed by atoms with Crippen molar-refractivity contribution in [3.8, 4) is 26.6 Å². The summed E-state index contributed by atoms with van der Waals surface area (Å²) < 4.78 is 1.92. The molecule has 5 atom stereocenters. The number of carbonyl (C=O) groups is 4. The van der Waals surface area contributed by atoms with Gasteiger partial charge in [-0.2, -0.15) is 0 Å². The first kappa shape index (κ1) is 46.1. The number of likely N-dealkylation sites (tertiary alicyclic amines) is 1. The minimum absolute atomic E-state index is 0.00359. The zero-order valence-electron chi connectivity index (χ0n) is 37.7. The van der Waals surface area contributed by atoms with Gasteiger partial charge in [0, 0.05) is 34.5 Å². The van der Waals surface area contributed by atoms with Gasteiger partial charge < -0.3 is 30.9 Å². The molecule has 5 heterocycles. The lowest BCUT2D eigenvalue weighted by Crippen LogP contribution is -2.58. The van der Waals surface area contributed by atoms with E-state index in [0.29, 0.717) is 28.5 Å². The topological polar surface area (TPSA) is 212 Å². The summed E-state index contributed by atoms with van der Waals surface area (Å²) in [4.78, 5) is 66.8. The molecule has 0 aliphatic carbocycles. The molecule has 0 saturated carbocycles. The molecule has 342 valence electrons. The monoisotopic (exact) mass is 928 g/mol. The van der Waals surface area contributed by atoms with E-state index in [2.05, 4.69) is 25.8 Å². The number of nitrogens with one attached hydrogen (secondary N) is 2. The van der Waals surface area contributed by atoms with E-state index in [1.807, 2.05) is 114 Å². The predicted molar refractivity (Wildman–Crippen MR) is 253 cm³/mol. The largest absolute Gasteiger partial charge is 0.481 e. The van der Waals surface area contributed by atoms with Crippen molar-refractivity contribution >= 4 is 52.1 Å². The van der Waals surface area contributed by atoms with E-state index >= 15 is 0 Å². The summed E-state index contributed by atoms with van der Waals surface area (Å²) in [5, 5.41) is 46.2. The molecule has 3 aromatic carbocycles. The predicted octanol–water partition coefficient (Wildman–Crippen LogP) is 6.68. The van der Waals surface area contributed by atoms with Crippen LogP contribution in [0.15, 0.2) is 83.3 Å². The fraction of sp³-hybridized carbons (Fsp3) is 0.347. The Morgan fingerprint density at radius 1 is 0.864 bits per heavy atom. The SMILES string of the molecule is Cc1ncsc1-c1ccc(C(CO)NC(=O)[C@@H]2C[C@@H](O)CN2C(=O)C(NC(=O)c2ccc(-c3ccc(C4=N[C@@H](CC(=O)O)c5nnc(C)n5-c5sc(C)c(C)c54)cc3)cc2)C(C)(C)C)cc1. The molecule has 2 unspecified atom stereocenters. The highest BCUT2D eigenvalue weighted by atomic mass is 32.1. The third-order valence-electron chi connectivity index (χ3n) is 12.3. The van der Waals surface area contributed by atoms with E-state index < -0.39 is 59.4 Å². The average molecular weight is 929 g/mol. The van der Waals surface area contributed by atoms with Gasteiger partial charge in [0.05, 0.1) is 47.0 Å². The van der Waals surface area contributed by atoms with Crippen LogP contribution in [-0.4, -0.2) is 101 Å². The van der Waals surface area contributed by atoms with E-state index in [-0.39, 0.29) is 26.0 Å². The molecular weight excluding hydrogens is 877 g/mol. The molecule has 15 nitrogen and oxygen atoms in total. The summed E-state index contributed by atoms with van der Waals surface area (Å²) in [7, 11) is 0. The number of hydrogen-bond donors (Lipinski definition) is 5. The summed E-state index contributed by atoms with van der Waals surface area (Å²) in [5.41, 5.74) is 9.06. The molecule has 1 fully saturated rings. The minimum Gasteiger partial charge on any atom is -0.481 e. The van der Waals surface area contributed by atoms with Crippen molar-refractivity contribution in [1.82, 2.24) is 35.3 Å². The van der Waals surface area contributed by atoms with Crippen LogP contribution in [0, 0.1) is 33.1 Å². The number of aliphatic hydroxyl groups excluding tert-OH is 2. The van der Waals surface area contributed by atoms with Gasteiger partial charge in [0.25, 0.3) is 5.91 Å². The number of thiazole rings is 1. The molecule has 0 spiro atoms. The highest BCUT2D eigenvalue weighted by Gasteiger charge is 2.45. The Hall–Kier alpha value is -6.40. The standard InChI is InChI=1S/C49H52N8O7S2/c1-25-27(3)66-48-40(25)41(51-36(21-39(60)61)44-55-54-28(4)57(44)48)32-14-8-29(9-15-32)30-10-18-34(19-11-30)45(62)53-43(49(5,6)7)47(64)56-22-35(59)20-38(56)46(63)52-37(23-58)31-12-16-33(17-13-31)42-26(2)50-24-65-42/h8-19,24,35-38,43,58-59H,20-23H2,1-7H3,(H,52,63)(H,53,62)(H,60,61)/t35-,36+,37?,38+,43?/m1/s1. The van der Waals surface area contributed by atoms with Gasteiger partial charge in [-0.25, -0.2) is 4.98 Å². The first-order valence-corrected chi connectivity index (χ1v) is 23.4. The number of aromatic nitrogens is 4. The molecule has 3 aromatic heterocycles. The molecule has 6 aromatic rings. The molecule has 8 rings (SSSR count). The molecular formula is C49H52N8O7S2. The van der Waals surface area contributed by atoms with Gasteiger partial charge in [0.15, 0.2) is 5.82 Å². The van der Waals surface area contributed by atoms with Gasteiger partial charge in [-0.3, -0.25) is 28.7 Å². The highest BCUT2D eigenvalue weighted by molar-refractivity contribution is 7.15. The Morgan fingerprint density at radius 2 is 1.50 bits per heavy atom. The van der Waals surface area contributed by atoms with Gasteiger partial charge >= 0.3 is 5.97 Å². The smallest absolute Gasteiger partial charge is 0.306 e. The molecule has 17 heteroatoms. The maximum absolute atomic E-state index is 14.4. The second-order valence-electron chi connectivity index (χ2n) is 18.0. The van der Waals surface area contributed by atoms with Crippen molar-refractivity contribution in [2.24, 2.45) is 10.4 Å². The van der Waals surface area contributed by atoms with Crippen molar-refractivity contribution in [3.05, 3.63) is 128 Å². The second kappa shape index (κ2) is 18.5. The van der Waals surface area contributed by atoms with E-state index in [1.165, 1.54) is 16.2 Å². The van der Waals surface area contributed by atoms with Crippen LogP contribution < -0.4 is 10.6 Å². The minimum atomic E-state index is -1.05. The second-order valence-corrected chi connectivity index (χ2v) is 20.0. The lowest BCUT2D eigenvalue weighted by atomic mass is 9.85. The molecule has 0 bridgehead atoms. The first-order chi connectivity index (χ1) is 31.4. The Bertz CT molecular complexity index is 2840. The number of carbonyl (C=O) groups excluding carboxylic acids is 3. The molecule has 2 aliphatic heterocycles. The third kappa shape index (κ3) is 9.07. The van der Waals surface area contributed by atoms with Crippen LogP contribution in [0.3, 0.4) is 0 Å². The number of rotatable bonds is 12. The molecule has 3 amide bonds. The van der Waals surface area contributed by atoms with E-state index in [9.17, 15) is 34.5 Å². The summed E-state index contributed by atoms with van der Waals surface area (Å²) in [6.45, 7) is 12.9. The highest BCUT2D eigenvalue weighted by Crippen LogP contribution is 2.40. The Labute approximate surface area is 390 Å². The Kier molecular flexibility index (Phi) is 12.9. The number of aryl methyl sites for hydroxylation is 3. The van der Waals surface area contributed by atoms with Crippen LogP contribution in [0.4, 0.5) is 0 Å². The van der Waals surface area contributed by atoms with Gasteiger partial charge in [-0.1, -0.05) is 81.4 Å². The van der Waals surface area contributed by atoms with Crippen LogP contribution in [0.5, 0.6) is 0 Å². The number of aliphatic imine (C=N–C) groups is 1. The van der Waals surface area contributed by atoms with E-state index in [0.717, 1.165) is 53.8 Å². The van der Waals surface area contributed by atoms with Gasteiger partial charge in [0.2, 0.25) is 11.8 Å². The van der Waals surface area contributed by atoms with Crippen molar-refractivity contribution < 1.29 is 34.5 Å². The van der Waals surface area contributed by atoms with E-state index in [1.54, 1.807) is 29.0 Å². The molecule has 1 saturated heterocycles. The summed E-state index contributed by atoms with van der Waals surface area (Å²) >= 11 is 3.12. The van der Waals surface area contributed by atoms with Gasteiger partial charge in [0.1, 0.15) is 29.0 Å². The van der Waals surface area contributed by atoms with Crippen molar-refractivity contribution in [2.45, 2.75) is 91.6 Å². The van der Waals surface area contributed by atoms with Crippen LogP contribution >= 0.6 is 22.7 Å². The number of aliphatic carboxylic acids is 1. The molecule has 2 aliphatic rings. The maximum Gasteiger partial charge on any atom is 0.306 e. The Balaban J connectivity index is 0.967. The van der Waals surface area contributed by atoms with Gasteiger partial charge in [-0.15, -0.1) is 32.9 Å². The quantitative estimate of drug-likeness (QED) is 0.0879. The summed E-state index contributed by atoms with van der Waals surface area (Å²) in [6, 6.07) is 18.8. The molecule has 0 radical (unpaired) electrons. The average Bonchev–Trinajstić information content (AvgIpc) is 4.06. The van der Waals surface area contributed by atoms with Crippen molar-refractivity contribution in [2.75, 3.05) is 13.2 Å². The number of carboxylic acid groups (broad SMARTS) is 1. The number of hydrogen-bond acceptors (Lipinski definition) is 12.